The number of likely N-dealkylation sites (tertiary alicyclic amines) is 1. The van der Waals surface area contributed by atoms with E-state index >= 15 is 0 Å². The second-order valence-corrected chi connectivity index (χ2v) is 4.65. The van der Waals surface area contributed by atoms with Crippen LogP contribution >= 0.6 is 12.2 Å². The van der Waals surface area contributed by atoms with Crippen molar-refractivity contribution in [3.05, 3.63) is 0 Å². The molecule has 1 amide bonds. The highest BCUT2D eigenvalue weighted by molar-refractivity contribution is 7.80. The first-order valence-electron chi connectivity index (χ1n) is 5.35. The van der Waals surface area contributed by atoms with Gasteiger partial charge >= 0.3 is 0 Å². The molecule has 0 aliphatic carbocycles. The normalized spacial score (nSPS) is 17.9. The zero-order chi connectivity index (χ0) is 11.4. The Balaban J connectivity index is 2.37. The van der Waals surface area contributed by atoms with Crippen LogP contribution in [0.4, 0.5) is 0 Å². The number of hydrogen-bond donors (Lipinski definition) is 2. The van der Waals surface area contributed by atoms with Gasteiger partial charge in [0.1, 0.15) is 0 Å². The highest BCUT2D eigenvalue weighted by atomic mass is 32.1. The number of piperidine rings is 1. The van der Waals surface area contributed by atoms with E-state index in [0.29, 0.717) is 6.04 Å². The third-order valence-electron chi connectivity index (χ3n) is 2.60. The maximum absolute atomic E-state index is 11.0. The number of thiocarbonyl (C=S) groups is 1. The van der Waals surface area contributed by atoms with Gasteiger partial charge in [0.15, 0.2) is 5.11 Å². The highest BCUT2D eigenvalue weighted by Crippen LogP contribution is 2.16. The highest BCUT2D eigenvalue weighted by Gasteiger charge is 2.24. The topological polar surface area (TPSA) is 58.4 Å². The minimum atomic E-state index is -0.183. The van der Waals surface area contributed by atoms with Crippen LogP contribution in [0.15, 0.2) is 0 Å². The number of nitrogens with one attached hydrogen (secondary N) is 1. The molecule has 1 aliphatic rings. The van der Waals surface area contributed by atoms with E-state index in [4.69, 9.17) is 18.0 Å². The molecule has 4 nitrogen and oxygen atoms in total. The van der Waals surface area contributed by atoms with Gasteiger partial charge < -0.3 is 16.0 Å². The van der Waals surface area contributed by atoms with Gasteiger partial charge in [-0.25, -0.2) is 0 Å². The Bertz CT molecular complexity index is 247. The summed E-state index contributed by atoms with van der Waals surface area (Å²) in [7, 11) is 0. The largest absolute Gasteiger partial charge is 0.369 e. The fourth-order valence-corrected chi connectivity index (χ4v) is 2.12. The monoisotopic (exact) mass is 229 g/mol. The molecule has 1 saturated heterocycles. The van der Waals surface area contributed by atoms with Crippen molar-refractivity contribution in [2.75, 3.05) is 13.1 Å². The molecule has 0 radical (unpaired) electrons. The third-order valence-corrected chi connectivity index (χ3v) is 2.97. The number of amides is 1. The van der Waals surface area contributed by atoms with Crippen LogP contribution in [0.25, 0.3) is 0 Å². The maximum Gasteiger partial charge on any atom is 0.220 e. The number of primary amides is 1. The number of hydrogen-bond acceptors (Lipinski definition) is 2. The summed E-state index contributed by atoms with van der Waals surface area (Å²) >= 11 is 5.25. The second kappa shape index (κ2) is 5.30. The molecule has 5 heteroatoms. The number of nitrogens with two attached hydrogens (primary N) is 1. The van der Waals surface area contributed by atoms with Gasteiger partial charge in [-0.3, -0.25) is 4.79 Å². The standard InChI is InChI=1S/C10H19N3OS/c1-7(2)12-10(15)13-5-3-8(4-6-13)9(11)14/h7-8H,3-6H2,1-2H3,(H2,11,14)(H,12,15). The van der Waals surface area contributed by atoms with Crippen molar-refractivity contribution in [3.8, 4) is 0 Å². The fraction of sp³-hybridized carbons (Fsp3) is 0.800. The zero-order valence-electron chi connectivity index (χ0n) is 9.32. The van der Waals surface area contributed by atoms with Crippen LogP contribution in [-0.2, 0) is 4.79 Å². The Kier molecular flexibility index (Phi) is 4.32. The van der Waals surface area contributed by atoms with Crippen molar-refractivity contribution in [1.29, 1.82) is 0 Å². The Morgan fingerprint density at radius 1 is 1.47 bits per heavy atom. The summed E-state index contributed by atoms with van der Waals surface area (Å²) in [6.45, 7) is 5.77. The Labute approximate surface area is 96.2 Å². The molecular weight excluding hydrogens is 210 g/mol. The van der Waals surface area contributed by atoms with Crippen LogP contribution in [0.3, 0.4) is 0 Å². The van der Waals surface area contributed by atoms with Gasteiger partial charge in [0.05, 0.1) is 0 Å². The molecule has 86 valence electrons. The average Bonchev–Trinajstić information content (AvgIpc) is 2.17. The molecule has 0 aromatic carbocycles. The van der Waals surface area contributed by atoms with Crippen LogP contribution in [0.2, 0.25) is 0 Å². The molecule has 1 heterocycles. The van der Waals surface area contributed by atoms with E-state index in [2.05, 4.69) is 24.1 Å². The summed E-state index contributed by atoms with van der Waals surface area (Å²) in [5, 5.41) is 3.98. The van der Waals surface area contributed by atoms with E-state index < -0.39 is 0 Å². The predicted octanol–water partition coefficient (Wildman–Crippen LogP) is 0.467. The lowest BCUT2D eigenvalue weighted by Gasteiger charge is -2.33. The van der Waals surface area contributed by atoms with Crippen molar-refractivity contribution >= 4 is 23.2 Å². The molecule has 0 aromatic heterocycles. The van der Waals surface area contributed by atoms with Crippen molar-refractivity contribution in [3.63, 3.8) is 0 Å². The lowest BCUT2D eigenvalue weighted by atomic mass is 9.97. The summed E-state index contributed by atoms with van der Waals surface area (Å²) in [5.41, 5.74) is 5.26. The molecule has 0 unspecified atom stereocenters. The molecule has 0 spiro atoms. The van der Waals surface area contributed by atoms with Crippen molar-refractivity contribution in [2.24, 2.45) is 11.7 Å². The molecule has 0 atom stereocenters. The number of carbonyl (C=O) groups is 1. The van der Waals surface area contributed by atoms with Gasteiger partial charge in [0.25, 0.3) is 0 Å². The summed E-state index contributed by atoms with van der Waals surface area (Å²) in [5.74, 6) is -0.152. The number of nitrogens with zero attached hydrogens (tertiary/aromatic N) is 1. The van der Waals surface area contributed by atoms with Gasteiger partial charge in [-0.05, 0) is 38.9 Å². The summed E-state index contributed by atoms with van der Waals surface area (Å²) < 4.78 is 0. The molecular formula is C10H19N3OS. The first-order chi connectivity index (χ1) is 7.00. The van der Waals surface area contributed by atoms with Crippen LogP contribution in [-0.4, -0.2) is 35.1 Å². The predicted molar refractivity (Wildman–Crippen MR) is 64.4 cm³/mol. The Morgan fingerprint density at radius 3 is 2.40 bits per heavy atom. The van der Waals surface area contributed by atoms with E-state index in [1.807, 2.05) is 0 Å². The average molecular weight is 229 g/mol. The molecule has 1 fully saturated rings. The van der Waals surface area contributed by atoms with Gasteiger partial charge in [-0.2, -0.15) is 0 Å². The lowest BCUT2D eigenvalue weighted by molar-refractivity contribution is -0.122. The Hall–Kier alpha value is -0.840. The minimum Gasteiger partial charge on any atom is -0.369 e. The molecule has 1 aliphatic heterocycles. The van der Waals surface area contributed by atoms with E-state index in [-0.39, 0.29) is 11.8 Å². The summed E-state index contributed by atoms with van der Waals surface area (Å²) in [6, 6.07) is 0.353. The van der Waals surface area contributed by atoms with Gasteiger partial charge in [0, 0.05) is 25.0 Å². The van der Waals surface area contributed by atoms with E-state index in [9.17, 15) is 4.79 Å². The smallest absolute Gasteiger partial charge is 0.220 e. The SMILES string of the molecule is CC(C)NC(=S)N1CCC(C(N)=O)CC1. The summed E-state index contributed by atoms with van der Waals surface area (Å²) in [6.07, 6.45) is 1.63. The van der Waals surface area contributed by atoms with Crippen LogP contribution in [0.1, 0.15) is 26.7 Å². The van der Waals surface area contributed by atoms with E-state index in [0.717, 1.165) is 31.0 Å². The van der Waals surface area contributed by atoms with Gasteiger partial charge in [0.2, 0.25) is 5.91 Å². The number of carbonyl (C=O) groups excluding carboxylic acids is 1. The first-order valence-corrected chi connectivity index (χ1v) is 5.76. The molecule has 0 bridgehead atoms. The van der Waals surface area contributed by atoms with E-state index in [1.54, 1.807) is 0 Å². The number of rotatable bonds is 2. The maximum atomic E-state index is 11.0. The van der Waals surface area contributed by atoms with Crippen LogP contribution in [0, 0.1) is 5.92 Å². The Morgan fingerprint density at radius 2 is 2.00 bits per heavy atom. The van der Waals surface area contributed by atoms with Crippen LogP contribution in [0.5, 0.6) is 0 Å². The van der Waals surface area contributed by atoms with E-state index in [1.165, 1.54) is 0 Å². The molecule has 0 saturated carbocycles. The molecule has 15 heavy (non-hydrogen) atoms. The van der Waals surface area contributed by atoms with Gasteiger partial charge in [-0.15, -0.1) is 0 Å². The summed E-state index contributed by atoms with van der Waals surface area (Å²) in [4.78, 5) is 13.1. The first kappa shape index (κ1) is 12.2. The van der Waals surface area contributed by atoms with Gasteiger partial charge in [-0.1, -0.05) is 0 Å². The van der Waals surface area contributed by atoms with Crippen molar-refractivity contribution in [1.82, 2.24) is 10.2 Å². The van der Waals surface area contributed by atoms with Crippen molar-refractivity contribution < 1.29 is 4.79 Å². The zero-order valence-corrected chi connectivity index (χ0v) is 10.1. The lowest BCUT2D eigenvalue weighted by Crippen LogP contribution is -2.47. The molecule has 1 rings (SSSR count). The minimum absolute atomic E-state index is 0.0306. The van der Waals surface area contributed by atoms with Crippen LogP contribution < -0.4 is 11.1 Å². The molecule has 3 N–H and O–H groups in total. The fourth-order valence-electron chi connectivity index (χ4n) is 1.71. The quantitative estimate of drug-likeness (QED) is 0.676. The second-order valence-electron chi connectivity index (χ2n) is 4.27. The van der Waals surface area contributed by atoms with Crippen molar-refractivity contribution in [2.45, 2.75) is 32.7 Å². The molecule has 0 aromatic rings. The third kappa shape index (κ3) is 3.66.